The Morgan fingerprint density at radius 3 is 2.47 bits per heavy atom. The molecule has 0 aliphatic carbocycles. The Hall–Kier alpha value is -1.98. The Kier molecular flexibility index (Phi) is 4.09. The van der Waals surface area contributed by atoms with E-state index in [2.05, 4.69) is 5.32 Å². The lowest BCUT2D eigenvalue weighted by Crippen LogP contribution is -2.31. The lowest BCUT2D eigenvalue weighted by atomic mass is 10.2. The minimum atomic E-state index is -1.04. The van der Waals surface area contributed by atoms with Crippen LogP contribution >= 0.6 is 0 Å². The molecule has 0 atom stereocenters. The molecule has 1 aliphatic heterocycles. The maximum atomic E-state index is 12.9. The van der Waals surface area contributed by atoms with Crippen molar-refractivity contribution in [2.45, 2.75) is 19.3 Å². The lowest BCUT2D eigenvalue weighted by Gasteiger charge is -2.14. The van der Waals surface area contributed by atoms with E-state index in [4.69, 9.17) is 0 Å². The highest BCUT2D eigenvalue weighted by Gasteiger charge is 2.20. The van der Waals surface area contributed by atoms with E-state index in [1.54, 1.807) is 4.90 Å². The molecule has 0 aromatic heterocycles. The molecule has 1 aliphatic rings. The van der Waals surface area contributed by atoms with E-state index in [1.165, 1.54) is 6.07 Å². The van der Waals surface area contributed by atoms with E-state index < -0.39 is 17.5 Å². The molecular formula is C13H14F2N2O2. The second-order valence-corrected chi connectivity index (χ2v) is 4.44. The zero-order valence-corrected chi connectivity index (χ0v) is 10.3. The van der Waals surface area contributed by atoms with Crippen LogP contribution in [0.15, 0.2) is 18.2 Å². The van der Waals surface area contributed by atoms with Crippen molar-refractivity contribution in [2.24, 2.45) is 0 Å². The van der Waals surface area contributed by atoms with Crippen LogP contribution in [0, 0.1) is 11.6 Å². The fraction of sp³-hybridized carbons (Fsp3) is 0.385. The van der Waals surface area contributed by atoms with Gasteiger partial charge in [0.15, 0.2) is 11.6 Å². The number of benzene rings is 1. The first kappa shape index (κ1) is 13.5. The van der Waals surface area contributed by atoms with Crippen LogP contribution in [0.2, 0.25) is 0 Å². The lowest BCUT2D eigenvalue weighted by molar-refractivity contribution is -0.133. The maximum absolute atomic E-state index is 12.9. The smallest absolute Gasteiger partial charge is 0.233 e. The number of nitrogens with zero attached hydrogens (tertiary/aromatic N) is 1. The summed E-state index contributed by atoms with van der Waals surface area (Å²) in [6.07, 6.45) is 1.63. The molecule has 1 aromatic carbocycles. The van der Waals surface area contributed by atoms with Crippen molar-refractivity contribution >= 4 is 17.5 Å². The first-order chi connectivity index (χ1) is 9.06. The van der Waals surface area contributed by atoms with Gasteiger partial charge in [-0.25, -0.2) is 8.78 Å². The number of hydrogen-bond acceptors (Lipinski definition) is 2. The highest BCUT2D eigenvalue weighted by Crippen LogP contribution is 2.14. The van der Waals surface area contributed by atoms with Gasteiger partial charge in [-0.3, -0.25) is 9.59 Å². The second kappa shape index (κ2) is 5.77. The molecule has 2 rings (SSSR count). The van der Waals surface area contributed by atoms with E-state index in [1.807, 2.05) is 0 Å². The average Bonchev–Trinajstić information content (AvgIpc) is 2.87. The largest absolute Gasteiger partial charge is 0.342 e. The predicted octanol–water partition coefficient (Wildman–Crippen LogP) is 1.92. The van der Waals surface area contributed by atoms with Crippen molar-refractivity contribution in [2.75, 3.05) is 18.4 Å². The maximum Gasteiger partial charge on any atom is 0.233 e. The van der Waals surface area contributed by atoms with Gasteiger partial charge in [0.05, 0.1) is 0 Å². The highest BCUT2D eigenvalue weighted by atomic mass is 19.2. The molecule has 19 heavy (non-hydrogen) atoms. The van der Waals surface area contributed by atoms with E-state index in [-0.39, 0.29) is 18.0 Å². The summed E-state index contributed by atoms with van der Waals surface area (Å²) in [6, 6.07) is 3.05. The Balaban J connectivity index is 1.89. The van der Waals surface area contributed by atoms with Gasteiger partial charge in [-0.2, -0.15) is 0 Å². The van der Waals surface area contributed by atoms with Crippen LogP contribution in [0.25, 0.3) is 0 Å². The van der Waals surface area contributed by atoms with Gasteiger partial charge < -0.3 is 10.2 Å². The van der Waals surface area contributed by atoms with Gasteiger partial charge in [0.25, 0.3) is 0 Å². The van der Waals surface area contributed by atoms with E-state index in [9.17, 15) is 18.4 Å². The standard InChI is InChI=1S/C13H14F2N2O2/c14-10-4-3-9(7-11(10)15)16-12(18)8-13(19)17-5-1-2-6-17/h3-4,7H,1-2,5-6,8H2,(H,16,18). The third-order valence-corrected chi connectivity index (χ3v) is 2.97. The van der Waals surface area contributed by atoms with Crippen LogP contribution < -0.4 is 5.32 Å². The summed E-state index contributed by atoms with van der Waals surface area (Å²) in [5.74, 6) is -2.78. The Labute approximate surface area is 109 Å². The fourth-order valence-corrected chi connectivity index (χ4v) is 1.99. The molecule has 2 amide bonds. The third-order valence-electron chi connectivity index (χ3n) is 2.97. The first-order valence-electron chi connectivity index (χ1n) is 6.09. The van der Waals surface area contributed by atoms with Gasteiger partial charge in [-0.05, 0) is 25.0 Å². The van der Waals surface area contributed by atoms with Crippen molar-refractivity contribution in [3.63, 3.8) is 0 Å². The molecule has 0 bridgehead atoms. The summed E-state index contributed by atoms with van der Waals surface area (Å²) < 4.78 is 25.6. The Bertz CT molecular complexity index is 499. The van der Waals surface area contributed by atoms with Gasteiger partial charge in [0.2, 0.25) is 11.8 Å². The SMILES string of the molecule is O=C(CC(=O)N1CCCC1)Nc1ccc(F)c(F)c1. The zero-order chi connectivity index (χ0) is 13.8. The summed E-state index contributed by atoms with van der Waals surface area (Å²) in [7, 11) is 0. The minimum absolute atomic E-state index is 0.137. The van der Waals surface area contributed by atoms with Crippen molar-refractivity contribution in [3.8, 4) is 0 Å². The fourth-order valence-electron chi connectivity index (χ4n) is 1.99. The number of carbonyl (C=O) groups excluding carboxylic acids is 2. The molecule has 0 radical (unpaired) electrons. The number of anilines is 1. The van der Waals surface area contributed by atoms with Crippen molar-refractivity contribution < 1.29 is 18.4 Å². The number of likely N-dealkylation sites (tertiary alicyclic amines) is 1. The molecule has 4 nitrogen and oxygen atoms in total. The van der Waals surface area contributed by atoms with E-state index >= 15 is 0 Å². The molecule has 0 unspecified atom stereocenters. The molecular weight excluding hydrogens is 254 g/mol. The summed E-state index contributed by atoms with van der Waals surface area (Å²) >= 11 is 0. The zero-order valence-electron chi connectivity index (χ0n) is 10.3. The summed E-state index contributed by atoms with van der Waals surface area (Å²) in [5, 5.41) is 2.37. The van der Waals surface area contributed by atoms with E-state index in [0.717, 1.165) is 25.0 Å². The second-order valence-electron chi connectivity index (χ2n) is 4.44. The normalized spacial score (nSPS) is 14.5. The van der Waals surface area contributed by atoms with Gasteiger partial charge >= 0.3 is 0 Å². The Morgan fingerprint density at radius 1 is 1.16 bits per heavy atom. The monoisotopic (exact) mass is 268 g/mol. The molecule has 1 fully saturated rings. The molecule has 0 spiro atoms. The van der Waals surface area contributed by atoms with Crippen LogP contribution in [0.3, 0.4) is 0 Å². The topological polar surface area (TPSA) is 49.4 Å². The van der Waals surface area contributed by atoms with E-state index in [0.29, 0.717) is 13.1 Å². The number of rotatable bonds is 3. The van der Waals surface area contributed by atoms with Gasteiger partial charge in [-0.1, -0.05) is 0 Å². The molecule has 1 saturated heterocycles. The Morgan fingerprint density at radius 2 is 1.84 bits per heavy atom. The number of nitrogens with one attached hydrogen (secondary N) is 1. The van der Waals surface area contributed by atoms with Crippen LogP contribution in [-0.4, -0.2) is 29.8 Å². The van der Waals surface area contributed by atoms with Crippen LogP contribution in [-0.2, 0) is 9.59 Å². The van der Waals surface area contributed by atoms with Gasteiger partial charge in [0, 0.05) is 24.8 Å². The summed E-state index contributed by atoms with van der Waals surface area (Å²) in [5.41, 5.74) is 0.137. The van der Waals surface area contributed by atoms with Crippen molar-refractivity contribution in [1.29, 1.82) is 0 Å². The van der Waals surface area contributed by atoms with Crippen LogP contribution in [0.5, 0.6) is 0 Å². The molecule has 6 heteroatoms. The van der Waals surface area contributed by atoms with Crippen molar-refractivity contribution in [3.05, 3.63) is 29.8 Å². The molecule has 1 heterocycles. The summed E-state index contributed by atoms with van der Waals surface area (Å²) in [4.78, 5) is 24.9. The molecule has 102 valence electrons. The number of carbonyl (C=O) groups is 2. The molecule has 1 N–H and O–H groups in total. The first-order valence-corrected chi connectivity index (χ1v) is 6.09. The minimum Gasteiger partial charge on any atom is -0.342 e. The van der Waals surface area contributed by atoms with Gasteiger partial charge in [0.1, 0.15) is 6.42 Å². The quantitative estimate of drug-likeness (QED) is 0.851. The van der Waals surface area contributed by atoms with Crippen molar-refractivity contribution in [1.82, 2.24) is 4.90 Å². The average molecular weight is 268 g/mol. The molecule has 1 aromatic rings. The predicted molar refractivity (Wildman–Crippen MR) is 65.4 cm³/mol. The van der Waals surface area contributed by atoms with Gasteiger partial charge in [-0.15, -0.1) is 0 Å². The third kappa shape index (κ3) is 3.49. The number of amides is 2. The molecule has 0 saturated carbocycles. The number of hydrogen-bond donors (Lipinski definition) is 1. The van der Waals surface area contributed by atoms with Crippen LogP contribution in [0.4, 0.5) is 14.5 Å². The number of halogens is 2. The van der Waals surface area contributed by atoms with Crippen LogP contribution in [0.1, 0.15) is 19.3 Å². The summed E-state index contributed by atoms with van der Waals surface area (Å²) in [6.45, 7) is 1.36. The highest BCUT2D eigenvalue weighted by molar-refractivity contribution is 6.03.